The minimum Gasteiger partial charge on any atom is -0.457 e. The van der Waals surface area contributed by atoms with Crippen molar-refractivity contribution < 1.29 is 13.2 Å². The van der Waals surface area contributed by atoms with Crippen molar-refractivity contribution in [3.8, 4) is 22.8 Å². The molecule has 0 saturated carbocycles. The lowest BCUT2D eigenvalue weighted by Crippen LogP contribution is -2.23. The molecule has 0 saturated heterocycles. The van der Waals surface area contributed by atoms with Gasteiger partial charge in [0.2, 0.25) is 10.0 Å². The number of pyridine rings is 2. The predicted octanol–water partition coefficient (Wildman–Crippen LogP) is 4.72. The van der Waals surface area contributed by atoms with Crippen LogP contribution in [0.2, 0.25) is 0 Å². The number of aryl methyl sites for hydroxylation is 1. The van der Waals surface area contributed by atoms with Crippen molar-refractivity contribution in [3.05, 3.63) is 103 Å². The van der Waals surface area contributed by atoms with Gasteiger partial charge in [-0.25, -0.2) is 13.1 Å². The number of hydrogen-bond acceptors (Lipinski definition) is 5. The van der Waals surface area contributed by atoms with E-state index in [1.165, 1.54) is 12.1 Å². The van der Waals surface area contributed by atoms with Crippen molar-refractivity contribution in [2.45, 2.75) is 18.4 Å². The third-order valence-corrected chi connectivity index (χ3v) is 6.06. The SMILES string of the molecule is Cc1cccc(Oc2ccc(S(=O)(=O)NCc3cccnc3-c3cccnc3)cc2)c1. The van der Waals surface area contributed by atoms with E-state index in [1.807, 2.05) is 49.4 Å². The van der Waals surface area contributed by atoms with Gasteiger partial charge in [0.1, 0.15) is 11.5 Å². The van der Waals surface area contributed by atoms with Crippen LogP contribution in [0.15, 0.2) is 96.3 Å². The summed E-state index contributed by atoms with van der Waals surface area (Å²) in [4.78, 5) is 8.66. The molecule has 156 valence electrons. The topological polar surface area (TPSA) is 81.2 Å². The molecular weight excluding hydrogens is 410 g/mol. The largest absolute Gasteiger partial charge is 0.457 e. The molecule has 0 spiro atoms. The summed E-state index contributed by atoms with van der Waals surface area (Å²) in [6.45, 7) is 2.10. The van der Waals surface area contributed by atoms with Gasteiger partial charge in [0, 0.05) is 30.7 Å². The highest BCUT2D eigenvalue weighted by Crippen LogP contribution is 2.24. The lowest BCUT2D eigenvalue weighted by atomic mass is 10.1. The van der Waals surface area contributed by atoms with Crippen molar-refractivity contribution in [2.24, 2.45) is 0 Å². The molecular formula is C24H21N3O3S. The molecule has 7 heteroatoms. The molecule has 0 bridgehead atoms. The summed E-state index contributed by atoms with van der Waals surface area (Å²) in [7, 11) is -3.70. The molecule has 2 heterocycles. The number of ether oxygens (including phenoxy) is 1. The van der Waals surface area contributed by atoms with Crippen LogP contribution in [0.3, 0.4) is 0 Å². The molecule has 31 heavy (non-hydrogen) atoms. The van der Waals surface area contributed by atoms with Crippen molar-refractivity contribution in [2.75, 3.05) is 0 Å². The second kappa shape index (κ2) is 9.07. The number of nitrogens with one attached hydrogen (secondary N) is 1. The Labute approximate surface area is 181 Å². The van der Waals surface area contributed by atoms with E-state index in [0.717, 1.165) is 16.7 Å². The van der Waals surface area contributed by atoms with Gasteiger partial charge in [0.15, 0.2) is 0 Å². The van der Waals surface area contributed by atoms with E-state index < -0.39 is 10.0 Å². The van der Waals surface area contributed by atoms with Gasteiger partial charge in [-0.1, -0.05) is 18.2 Å². The Morgan fingerprint density at radius 1 is 0.903 bits per heavy atom. The van der Waals surface area contributed by atoms with Gasteiger partial charge >= 0.3 is 0 Å². The Morgan fingerprint density at radius 3 is 2.45 bits per heavy atom. The highest BCUT2D eigenvalue weighted by molar-refractivity contribution is 7.89. The van der Waals surface area contributed by atoms with Gasteiger partial charge in [-0.2, -0.15) is 0 Å². The van der Waals surface area contributed by atoms with Crippen LogP contribution in [0, 0.1) is 6.92 Å². The Balaban J connectivity index is 1.48. The second-order valence-electron chi connectivity index (χ2n) is 6.97. The molecule has 0 fully saturated rings. The monoisotopic (exact) mass is 431 g/mol. The highest BCUT2D eigenvalue weighted by atomic mass is 32.2. The predicted molar refractivity (Wildman–Crippen MR) is 119 cm³/mol. The second-order valence-corrected chi connectivity index (χ2v) is 8.73. The molecule has 1 N–H and O–H groups in total. The van der Waals surface area contributed by atoms with Crippen molar-refractivity contribution in [1.29, 1.82) is 0 Å². The van der Waals surface area contributed by atoms with Crippen LogP contribution in [-0.2, 0) is 16.6 Å². The first-order chi connectivity index (χ1) is 15.0. The van der Waals surface area contributed by atoms with E-state index in [2.05, 4.69) is 14.7 Å². The molecule has 6 nitrogen and oxygen atoms in total. The third kappa shape index (κ3) is 5.14. The van der Waals surface area contributed by atoms with Crippen LogP contribution < -0.4 is 9.46 Å². The van der Waals surface area contributed by atoms with Crippen LogP contribution >= 0.6 is 0 Å². The van der Waals surface area contributed by atoms with E-state index in [1.54, 1.807) is 36.8 Å². The third-order valence-electron chi connectivity index (χ3n) is 4.64. The fraction of sp³-hybridized carbons (Fsp3) is 0.0833. The lowest BCUT2D eigenvalue weighted by Gasteiger charge is -2.11. The number of hydrogen-bond donors (Lipinski definition) is 1. The Bertz CT molecular complexity index is 1270. The van der Waals surface area contributed by atoms with E-state index in [-0.39, 0.29) is 11.4 Å². The van der Waals surface area contributed by atoms with E-state index in [0.29, 0.717) is 17.2 Å². The van der Waals surface area contributed by atoms with Crippen LogP contribution in [0.4, 0.5) is 0 Å². The zero-order chi connectivity index (χ0) is 21.7. The number of rotatable bonds is 7. The highest BCUT2D eigenvalue weighted by Gasteiger charge is 2.16. The zero-order valence-corrected chi connectivity index (χ0v) is 17.7. The summed E-state index contributed by atoms with van der Waals surface area (Å²) < 4.78 is 34.0. The molecule has 0 aliphatic heterocycles. The molecule has 0 radical (unpaired) electrons. The van der Waals surface area contributed by atoms with Crippen molar-refractivity contribution in [1.82, 2.24) is 14.7 Å². The number of benzene rings is 2. The summed E-state index contributed by atoms with van der Waals surface area (Å²) in [5.41, 5.74) is 3.37. The molecule has 0 amide bonds. The average Bonchev–Trinajstić information content (AvgIpc) is 2.79. The molecule has 4 rings (SSSR count). The zero-order valence-electron chi connectivity index (χ0n) is 16.9. The Morgan fingerprint density at radius 2 is 1.71 bits per heavy atom. The van der Waals surface area contributed by atoms with E-state index >= 15 is 0 Å². The fourth-order valence-corrected chi connectivity index (χ4v) is 4.11. The van der Waals surface area contributed by atoms with Gasteiger partial charge in [0.05, 0.1) is 10.6 Å². The number of sulfonamides is 1. The van der Waals surface area contributed by atoms with E-state index in [4.69, 9.17) is 4.74 Å². The smallest absolute Gasteiger partial charge is 0.240 e. The van der Waals surface area contributed by atoms with Gasteiger partial charge in [0.25, 0.3) is 0 Å². The molecule has 0 unspecified atom stereocenters. The summed E-state index contributed by atoms with van der Waals surface area (Å²) in [6, 6.07) is 21.3. The minimum atomic E-state index is -3.70. The van der Waals surface area contributed by atoms with Gasteiger partial charge in [-0.3, -0.25) is 9.97 Å². The van der Waals surface area contributed by atoms with Crippen LogP contribution in [-0.4, -0.2) is 18.4 Å². The summed E-state index contributed by atoms with van der Waals surface area (Å²) in [5, 5.41) is 0. The quantitative estimate of drug-likeness (QED) is 0.458. The van der Waals surface area contributed by atoms with Crippen LogP contribution in [0.5, 0.6) is 11.5 Å². The van der Waals surface area contributed by atoms with Crippen LogP contribution in [0.1, 0.15) is 11.1 Å². The number of aromatic nitrogens is 2. The first-order valence-corrected chi connectivity index (χ1v) is 11.2. The first-order valence-electron chi connectivity index (χ1n) is 9.70. The fourth-order valence-electron chi connectivity index (χ4n) is 3.10. The minimum absolute atomic E-state index is 0.113. The van der Waals surface area contributed by atoms with Crippen molar-refractivity contribution >= 4 is 10.0 Å². The molecule has 2 aromatic heterocycles. The summed E-state index contributed by atoms with van der Waals surface area (Å²) in [6.07, 6.45) is 5.06. The molecule has 0 atom stereocenters. The number of nitrogens with zero attached hydrogens (tertiary/aromatic N) is 2. The Hall–Kier alpha value is -3.55. The van der Waals surface area contributed by atoms with Gasteiger partial charge < -0.3 is 4.74 Å². The van der Waals surface area contributed by atoms with Gasteiger partial charge in [-0.15, -0.1) is 0 Å². The van der Waals surface area contributed by atoms with Crippen molar-refractivity contribution in [3.63, 3.8) is 0 Å². The average molecular weight is 432 g/mol. The molecule has 0 aliphatic carbocycles. The van der Waals surface area contributed by atoms with E-state index in [9.17, 15) is 8.42 Å². The molecule has 2 aromatic carbocycles. The Kier molecular flexibility index (Phi) is 6.06. The maximum absolute atomic E-state index is 12.8. The maximum atomic E-state index is 12.8. The molecule has 0 aliphatic rings. The lowest BCUT2D eigenvalue weighted by molar-refractivity contribution is 0.481. The molecule has 4 aromatic rings. The van der Waals surface area contributed by atoms with Gasteiger partial charge in [-0.05, 0) is 72.6 Å². The van der Waals surface area contributed by atoms with Crippen LogP contribution in [0.25, 0.3) is 11.3 Å². The normalized spacial score (nSPS) is 11.3. The summed E-state index contributed by atoms with van der Waals surface area (Å²) >= 11 is 0. The first kappa shape index (κ1) is 20.7. The maximum Gasteiger partial charge on any atom is 0.240 e. The standard InChI is InChI=1S/C24H21N3O3S/c1-18-5-2-8-22(15-18)30-21-9-11-23(12-10-21)31(28,29)27-17-20-7-4-14-26-24(20)19-6-3-13-25-16-19/h2-16,27H,17H2,1H3. The summed E-state index contributed by atoms with van der Waals surface area (Å²) in [5.74, 6) is 1.27.